The summed E-state index contributed by atoms with van der Waals surface area (Å²) in [6.45, 7) is 8.78. The van der Waals surface area contributed by atoms with Gasteiger partial charge in [0, 0.05) is 57.6 Å². The Morgan fingerprint density at radius 2 is 1.86 bits per heavy atom. The van der Waals surface area contributed by atoms with E-state index in [1.165, 1.54) is 5.56 Å². The zero-order valence-corrected chi connectivity index (χ0v) is 17.2. The van der Waals surface area contributed by atoms with E-state index in [0.717, 1.165) is 50.4 Å². The van der Waals surface area contributed by atoms with Gasteiger partial charge in [0.05, 0.1) is 7.11 Å². The first kappa shape index (κ1) is 19.9. The Bertz CT molecular complexity index is 784. The van der Waals surface area contributed by atoms with Gasteiger partial charge in [-0.1, -0.05) is 26.0 Å². The second-order valence-electron chi connectivity index (χ2n) is 7.54. The van der Waals surface area contributed by atoms with Crippen LogP contribution in [0, 0.1) is 0 Å². The van der Waals surface area contributed by atoms with Crippen molar-refractivity contribution in [1.29, 1.82) is 0 Å². The first-order chi connectivity index (χ1) is 13.5. The van der Waals surface area contributed by atoms with Gasteiger partial charge in [-0.2, -0.15) is 0 Å². The maximum Gasteiger partial charge on any atom is 0.225 e. The lowest BCUT2D eigenvalue weighted by Crippen LogP contribution is -2.54. The Morgan fingerprint density at radius 3 is 2.50 bits per heavy atom. The van der Waals surface area contributed by atoms with E-state index in [1.807, 2.05) is 25.2 Å². The number of anilines is 1. The second-order valence-corrected chi connectivity index (χ2v) is 7.54. The fourth-order valence-electron chi connectivity index (χ4n) is 3.35. The van der Waals surface area contributed by atoms with Crippen molar-refractivity contribution in [1.82, 2.24) is 20.2 Å². The number of ether oxygens (including phenoxy) is 1. The molecule has 0 spiro atoms. The third-order valence-electron chi connectivity index (χ3n) is 5.17. The van der Waals surface area contributed by atoms with Crippen molar-refractivity contribution in [2.75, 3.05) is 51.8 Å². The van der Waals surface area contributed by atoms with E-state index in [2.05, 4.69) is 56.1 Å². The molecule has 2 heterocycles. The molecule has 1 aromatic carbocycles. The summed E-state index contributed by atoms with van der Waals surface area (Å²) in [7, 11) is 3.54. The third-order valence-corrected chi connectivity index (χ3v) is 5.17. The van der Waals surface area contributed by atoms with E-state index in [-0.39, 0.29) is 5.41 Å². The number of hydrogen-bond donors (Lipinski definition) is 1. The zero-order valence-electron chi connectivity index (χ0n) is 17.2. The van der Waals surface area contributed by atoms with Gasteiger partial charge in [0.1, 0.15) is 5.75 Å². The summed E-state index contributed by atoms with van der Waals surface area (Å²) in [6, 6.07) is 10.1. The molecule has 2 aromatic rings. The van der Waals surface area contributed by atoms with Crippen LogP contribution in [0.5, 0.6) is 5.75 Å². The van der Waals surface area contributed by atoms with Gasteiger partial charge < -0.3 is 19.9 Å². The van der Waals surface area contributed by atoms with Crippen molar-refractivity contribution in [3.63, 3.8) is 0 Å². The minimum atomic E-state index is -0.0514. The third kappa shape index (κ3) is 4.71. The minimum absolute atomic E-state index is 0.0514. The van der Waals surface area contributed by atoms with Crippen LogP contribution in [-0.4, -0.2) is 67.7 Å². The van der Waals surface area contributed by atoms with Gasteiger partial charge in [0.15, 0.2) is 5.96 Å². The quantitative estimate of drug-likeness (QED) is 0.631. The van der Waals surface area contributed by atoms with Gasteiger partial charge in [0.2, 0.25) is 5.95 Å². The SMILES string of the molecule is CN=C(NCC(C)(C)c1cccc(OC)c1)N1CCN(c2ncccn2)CC1. The lowest BCUT2D eigenvalue weighted by Gasteiger charge is -2.37. The molecule has 1 fully saturated rings. The fourth-order valence-corrected chi connectivity index (χ4v) is 3.35. The number of methoxy groups -OCH3 is 1. The normalized spacial score (nSPS) is 15.5. The number of rotatable bonds is 5. The van der Waals surface area contributed by atoms with Crippen LogP contribution < -0.4 is 15.0 Å². The maximum atomic E-state index is 5.37. The molecule has 1 saturated heterocycles. The molecule has 0 amide bonds. The summed E-state index contributed by atoms with van der Waals surface area (Å²) in [6.07, 6.45) is 3.58. The molecule has 1 N–H and O–H groups in total. The molecule has 0 aliphatic carbocycles. The van der Waals surface area contributed by atoms with Crippen LogP contribution in [0.25, 0.3) is 0 Å². The number of piperazine rings is 1. The Kier molecular flexibility index (Phi) is 6.34. The van der Waals surface area contributed by atoms with Crippen molar-refractivity contribution in [2.24, 2.45) is 4.99 Å². The lowest BCUT2D eigenvalue weighted by molar-refractivity contribution is 0.364. The summed E-state index contributed by atoms with van der Waals surface area (Å²) < 4.78 is 5.37. The number of aliphatic imine (C=N–C) groups is 1. The van der Waals surface area contributed by atoms with E-state index in [1.54, 1.807) is 19.5 Å². The number of guanidine groups is 1. The minimum Gasteiger partial charge on any atom is -0.497 e. The predicted octanol–water partition coefficient (Wildman–Crippen LogP) is 2.16. The molecule has 1 aliphatic heterocycles. The summed E-state index contributed by atoms with van der Waals surface area (Å²) in [5.74, 6) is 2.61. The molecular weight excluding hydrogens is 352 g/mol. The van der Waals surface area contributed by atoms with Crippen molar-refractivity contribution in [2.45, 2.75) is 19.3 Å². The first-order valence-electron chi connectivity index (χ1n) is 9.65. The molecule has 1 aliphatic rings. The van der Waals surface area contributed by atoms with Crippen LogP contribution in [0.3, 0.4) is 0 Å². The van der Waals surface area contributed by atoms with Crippen LogP contribution in [0.15, 0.2) is 47.7 Å². The van der Waals surface area contributed by atoms with Crippen molar-refractivity contribution >= 4 is 11.9 Å². The lowest BCUT2D eigenvalue weighted by atomic mass is 9.84. The molecule has 7 heteroatoms. The number of aromatic nitrogens is 2. The van der Waals surface area contributed by atoms with Crippen molar-refractivity contribution in [3.8, 4) is 5.75 Å². The zero-order chi connectivity index (χ0) is 20.0. The second kappa shape index (κ2) is 8.91. The molecule has 1 aromatic heterocycles. The standard InChI is InChI=1S/C21H30N6O/c1-21(2,17-7-5-8-18(15-17)28-4)16-25-19(22-3)26-11-13-27(14-12-26)20-23-9-6-10-24-20/h5-10,15H,11-14,16H2,1-4H3,(H,22,25). The molecule has 7 nitrogen and oxygen atoms in total. The van der Waals surface area contributed by atoms with Crippen molar-refractivity contribution < 1.29 is 4.74 Å². The molecule has 0 bridgehead atoms. The van der Waals surface area contributed by atoms with E-state index in [9.17, 15) is 0 Å². The number of hydrogen-bond acceptors (Lipinski definition) is 5. The van der Waals surface area contributed by atoms with Gasteiger partial charge in [0.25, 0.3) is 0 Å². The van der Waals surface area contributed by atoms with E-state index in [0.29, 0.717) is 0 Å². The topological polar surface area (TPSA) is 65.9 Å². The molecule has 0 atom stereocenters. The molecule has 3 rings (SSSR count). The summed E-state index contributed by atoms with van der Waals surface area (Å²) in [4.78, 5) is 17.7. The molecule has 0 radical (unpaired) electrons. The Balaban J connectivity index is 1.57. The molecule has 0 unspecified atom stereocenters. The predicted molar refractivity (Wildman–Crippen MR) is 113 cm³/mol. The van der Waals surface area contributed by atoms with E-state index < -0.39 is 0 Å². The highest BCUT2D eigenvalue weighted by molar-refractivity contribution is 5.80. The van der Waals surface area contributed by atoms with Gasteiger partial charge in [-0.05, 0) is 23.8 Å². The van der Waals surface area contributed by atoms with Crippen LogP contribution in [-0.2, 0) is 5.41 Å². The van der Waals surface area contributed by atoms with Crippen LogP contribution >= 0.6 is 0 Å². The number of benzene rings is 1. The van der Waals surface area contributed by atoms with Gasteiger partial charge >= 0.3 is 0 Å². The average molecular weight is 383 g/mol. The van der Waals surface area contributed by atoms with E-state index >= 15 is 0 Å². The smallest absolute Gasteiger partial charge is 0.225 e. The highest BCUT2D eigenvalue weighted by Gasteiger charge is 2.25. The first-order valence-corrected chi connectivity index (χ1v) is 9.65. The van der Waals surface area contributed by atoms with Crippen LogP contribution in [0.2, 0.25) is 0 Å². The largest absolute Gasteiger partial charge is 0.497 e. The Morgan fingerprint density at radius 1 is 1.14 bits per heavy atom. The van der Waals surface area contributed by atoms with Crippen LogP contribution in [0.4, 0.5) is 5.95 Å². The van der Waals surface area contributed by atoms with Gasteiger partial charge in [-0.3, -0.25) is 4.99 Å². The summed E-state index contributed by atoms with van der Waals surface area (Å²) in [5, 5.41) is 3.56. The highest BCUT2D eigenvalue weighted by atomic mass is 16.5. The van der Waals surface area contributed by atoms with Crippen molar-refractivity contribution in [3.05, 3.63) is 48.3 Å². The van der Waals surface area contributed by atoms with Gasteiger partial charge in [-0.25, -0.2) is 9.97 Å². The molecule has 28 heavy (non-hydrogen) atoms. The van der Waals surface area contributed by atoms with Crippen LogP contribution in [0.1, 0.15) is 19.4 Å². The Labute approximate surface area is 167 Å². The molecule has 0 saturated carbocycles. The molecule has 150 valence electrons. The average Bonchev–Trinajstić information content (AvgIpc) is 2.75. The maximum absolute atomic E-state index is 5.37. The van der Waals surface area contributed by atoms with Gasteiger partial charge in [-0.15, -0.1) is 0 Å². The number of nitrogens with one attached hydrogen (secondary N) is 1. The number of nitrogens with zero attached hydrogens (tertiary/aromatic N) is 5. The monoisotopic (exact) mass is 382 g/mol. The Hall–Kier alpha value is -2.83. The fraction of sp³-hybridized carbons (Fsp3) is 0.476. The van der Waals surface area contributed by atoms with E-state index in [4.69, 9.17) is 4.74 Å². The summed E-state index contributed by atoms with van der Waals surface area (Å²) >= 11 is 0. The molecular formula is C21H30N6O. The summed E-state index contributed by atoms with van der Waals surface area (Å²) in [5.41, 5.74) is 1.19. The highest BCUT2D eigenvalue weighted by Crippen LogP contribution is 2.25.